The molecule has 3 aromatic heterocycles. The fourth-order valence-corrected chi connectivity index (χ4v) is 20.1. The summed E-state index contributed by atoms with van der Waals surface area (Å²) in [5, 5.41) is 7.20. The maximum Gasteiger partial charge on any atom is 0.0726 e. The van der Waals surface area contributed by atoms with Crippen molar-refractivity contribution >= 4 is 117 Å². The fraction of sp³-hybridized carbons (Fsp3) is 0.00870. The lowest BCUT2D eigenvalue weighted by atomic mass is 9.70. The van der Waals surface area contributed by atoms with Gasteiger partial charge in [-0.2, -0.15) is 0 Å². The summed E-state index contributed by atoms with van der Waals surface area (Å²) in [6.45, 7) is 0. The van der Waals surface area contributed by atoms with Gasteiger partial charge in [-0.05, 0) is 266 Å². The molecule has 6 nitrogen and oxygen atoms in total. The number of anilines is 9. The van der Waals surface area contributed by atoms with Gasteiger partial charge in [0.2, 0.25) is 0 Å². The molecule has 0 amide bonds. The van der Waals surface area contributed by atoms with Gasteiger partial charge in [-0.15, -0.1) is 0 Å². The lowest BCUT2D eigenvalue weighted by Crippen LogP contribution is -2.26. The number of hydrogen-bond acceptors (Lipinski definition) is 3. The molecule has 22 aromatic rings. The predicted octanol–water partition coefficient (Wildman–Crippen LogP) is 30.7. The normalized spacial score (nSPS) is 12.4. The van der Waals surface area contributed by atoms with Crippen molar-refractivity contribution < 1.29 is 0 Å². The van der Waals surface area contributed by atoms with E-state index in [-0.39, 0.29) is 0 Å². The van der Waals surface area contributed by atoms with E-state index in [0.717, 1.165) is 112 Å². The summed E-state index contributed by atoms with van der Waals surface area (Å²) in [6, 6.07) is 170. The van der Waals surface area contributed by atoms with Crippen molar-refractivity contribution in [3.63, 3.8) is 0 Å². The Labute approximate surface area is 701 Å². The Bertz CT molecular complexity index is 7740. The topological polar surface area (TPSA) is 24.5 Å². The van der Waals surface area contributed by atoms with Gasteiger partial charge in [0.05, 0.1) is 38.5 Å². The Hall–Kier alpha value is -16.0. The quantitative estimate of drug-likeness (QED) is 0.102. The van der Waals surface area contributed by atoms with Gasteiger partial charge in [-0.1, -0.05) is 273 Å². The van der Waals surface area contributed by atoms with Crippen LogP contribution in [0.2, 0.25) is 0 Å². The molecule has 0 atom stereocenters. The van der Waals surface area contributed by atoms with Crippen LogP contribution in [0.25, 0.3) is 138 Å². The summed E-state index contributed by atoms with van der Waals surface area (Å²) in [5.41, 5.74) is 36.4. The van der Waals surface area contributed by atoms with E-state index in [1.165, 1.54) is 99.1 Å². The van der Waals surface area contributed by atoms with Gasteiger partial charge < -0.3 is 28.4 Å². The van der Waals surface area contributed by atoms with Crippen molar-refractivity contribution in [1.29, 1.82) is 0 Å². The van der Waals surface area contributed by atoms with E-state index >= 15 is 0 Å². The number of hydrogen-bond donors (Lipinski definition) is 0. The minimum Gasteiger partial charge on any atom is -0.310 e. The first-order valence-electron chi connectivity index (χ1n) is 41.7. The molecule has 19 aromatic carbocycles. The van der Waals surface area contributed by atoms with Crippen LogP contribution in [0.15, 0.2) is 461 Å². The second-order valence-corrected chi connectivity index (χ2v) is 31.9. The highest BCUT2D eigenvalue weighted by molar-refractivity contribution is 6.14. The van der Waals surface area contributed by atoms with E-state index < -0.39 is 5.41 Å². The molecule has 121 heavy (non-hydrogen) atoms. The van der Waals surface area contributed by atoms with E-state index in [4.69, 9.17) is 0 Å². The lowest BCUT2D eigenvalue weighted by Gasteiger charge is -2.32. The SMILES string of the molecule is c1ccc(-c2ccc(N(c3ccc4c(c3)C3(c5ccccc5-c5ccccc53)c3ccc(-c5ccc6c(c5)c5cc(N(c7ccccc7)c7ccc(-c8ccc(N(c9ccccc9)c9ccc%10c(c9)c9ccccc9n%10-c9ccccc9)cc8)cc7)ccc5n6-c5ccccc5)cc3-4)c3ccc4c5ccccc5n(-c5ccccc5)c4c3)cc2)cc1. The van der Waals surface area contributed by atoms with Gasteiger partial charge in [0, 0.05) is 101 Å². The Morgan fingerprint density at radius 3 is 0.959 bits per heavy atom. The zero-order chi connectivity index (χ0) is 79.6. The number of para-hydroxylation sites is 7. The summed E-state index contributed by atoms with van der Waals surface area (Å²) < 4.78 is 7.24. The van der Waals surface area contributed by atoms with Crippen molar-refractivity contribution in [2.24, 2.45) is 0 Å². The van der Waals surface area contributed by atoms with Crippen molar-refractivity contribution in [2.45, 2.75) is 5.41 Å². The molecule has 0 saturated carbocycles. The molecule has 1 spiro atoms. The fourth-order valence-electron chi connectivity index (χ4n) is 20.1. The number of fused-ring (bicyclic) bond motifs is 19. The molecule has 0 aliphatic heterocycles. The lowest BCUT2D eigenvalue weighted by molar-refractivity contribution is 0.794. The van der Waals surface area contributed by atoms with Crippen LogP contribution in [-0.2, 0) is 5.41 Å². The molecule has 0 fully saturated rings. The van der Waals surface area contributed by atoms with Crippen LogP contribution in [-0.4, -0.2) is 13.7 Å². The van der Waals surface area contributed by atoms with Crippen molar-refractivity contribution in [2.75, 3.05) is 14.7 Å². The number of nitrogens with zero attached hydrogens (tertiary/aromatic N) is 6. The average Bonchev–Trinajstić information content (AvgIpc) is 1.50. The number of benzene rings is 19. The second-order valence-electron chi connectivity index (χ2n) is 31.9. The van der Waals surface area contributed by atoms with Crippen LogP contribution in [0, 0.1) is 0 Å². The Kier molecular flexibility index (Phi) is 16.1. The third-order valence-electron chi connectivity index (χ3n) is 25.4. The number of aromatic nitrogens is 3. The van der Waals surface area contributed by atoms with Gasteiger partial charge in [0.1, 0.15) is 0 Å². The monoisotopic (exact) mass is 1540 g/mol. The van der Waals surface area contributed by atoms with E-state index in [9.17, 15) is 0 Å². The minimum absolute atomic E-state index is 0.629. The molecule has 0 N–H and O–H groups in total. The van der Waals surface area contributed by atoms with Crippen LogP contribution in [0.5, 0.6) is 0 Å². The van der Waals surface area contributed by atoms with Crippen LogP contribution < -0.4 is 14.7 Å². The Balaban J connectivity index is 0.617. The maximum absolute atomic E-state index is 2.53. The van der Waals surface area contributed by atoms with E-state index in [1.807, 2.05) is 0 Å². The van der Waals surface area contributed by atoms with Crippen LogP contribution in [0.4, 0.5) is 51.2 Å². The van der Waals surface area contributed by atoms with Crippen LogP contribution >= 0.6 is 0 Å². The highest BCUT2D eigenvalue weighted by Gasteiger charge is 2.52. The molecule has 0 saturated heterocycles. The summed E-state index contributed by atoms with van der Waals surface area (Å²) in [6.07, 6.45) is 0. The first kappa shape index (κ1) is 69.3. The standard InChI is InChI=1S/C115H76N6/c1-7-27-77(28-8-1)78-47-59-90(60-48-78)118(94-62-66-100-98-41-21-25-45-109(98)121(114(100)76-94)87-37-17-6-18-38-87)93-61-65-97-101-71-81(53-67-107(101)115(108(97)75-93)105-43-23-19-39-95(105)96-40-20-24-44-106(96)115)82-54-68-111-102(72-82)104-74-92(64-70-113(104)120(111)86-35-15-5-16-36-86)117(84-31-11-3-12-32-84)89-57-51-80(52-58-89)79-49-55-88(56-50-79)116(83-29-9-2-10-30-83)91-63-69-112-103(73-91)99-42-22-26-46-110(99)119(112)85-33-13-4-14-34-85/h1-76H. The molecular formula is C115H76N6. The molecule has 566 valence electrons. The largest absolute Gasteiger partial charge is 0.310 e. The minimum atomic E-state index is -0.629. The third-order valence-corrected chi connectivity index (χ3v) is 25.4. The molecule has 24 rings (SSSR count). The molecular weight excluding hydrogens is 1470 g/mol. The van der Waals surface area contributed by atoms with Crippen LogP contribution in [0.1, 0.15) is 22.3 Å². The van der Waals surface area contributed by atoms with Crippen LogP contribution in [0.3, 0.4) is 0 Å². The van der Waals surface area contributed by atoms with Gasteiger partial charge >= 0.3 is 0 Å². The maximum atomic E-state index is 2.53. The van der Waals surface area contributed by atoms with Gasteiger partial charge in [-0.25, -0.2) is 0 Å². The molecule has 0 radical (unpaired) electrons. The van der Waals surface area contributed by atoms with Crippen molar-refractivity contribution in [3.05, 3.63) is 483 Å². The molecule has 3 heterocycles. The van der Waals surface area contributed by atoms with Crippen molar-refractivity contribution in [1.82, 2.24) is 13.7 Å². The molecule has 0 bridgehead atoms. The van der Waals surface area contributed by atoms with Crippen molar-refractivity contribution in [3.8, 4) is 72.7 Å². The Morgan fingerprint density at radius 1 is 0.149 bits per heavy atom. The summed E-state index contributed by atoms with van der Waals surface area (Å²) in [5.74, 6) is 0. The summed E-state index contributed by atoms with van der Waals surface area (Å²) >= 11 is 0. The summed E-state index contributed by atoms with van der Waals surface area (Å²) in [4.78, 5) is 7.25. The first-order valence-corrected chi connectivity index (χ1v) is 41.7. The van der Waals surface area contributed by atoms with Gasteiger partial charge in [0.25, 0.3) is 0 Å². The average molecular weight is 1540 g/mol. The summed E-state index contributed by atoms with van der Waals surface area (Å²) in [7, 11) is 0. The zero-order valence-corrected chi connectivity index (χ0v) is 66.1. The highest BCUT2D eigenvalue weighted by Crippen LogP contribution is 2.64. The highest BCUT2D eigenvalue weighted by atomic mass is 15.2. The predicted molar refractivity (Wildman–Crippen MR) is 506 cm³/mol. The molecule has 6 heteroatoms. The second kappa shape index (κ2) is 28.1. The first-order chi connectivity index (χ1) is 60.0. The third kappa shape index (κ3) is 11.1. The van der Waals surface area contributed by atoms with Gasteiger partial charge in [-0.3, -0.25) is 0 Å². The van der Waals surface area contributed by atoms with E-state index in [0.29, 0.717) is 0 Å². The zero-order valence-electron chi connectivity index (χ0n) is 66.1. The molecule has 2 aliphatic carbocycles. The van der Waals surface area contributed by atoms with Gasteiger partial charge in [0.15, 0.2) is 0 Å². The van der Waals surface area contributed by atoms with E-state index in [2.05, 4.69) is 489 Å². The smallest absolute Gasteiger partial charge is 0.0726 e. The molecule has 2 aliphatic rings. The Morgan fingerprint density at radius 2 is 0.446 bits per heavy atom. The van der Waals surface area contributed by atoms with E-state index in [1.54, 1.807) is 0 Å². The number of rotatable bonds is 15. The molecule has 0 unspecified atom stereocenters.